The van der Waals surface area contributed by atoms with Crippen LogP contribution in [0.4, 0.5) is 0 Å². The summed E-state index contributed by atoms with van der Waals surface area (Å²) in [6.45, 7) is 4.52. The number of carbonyl (C=O) groups excluding carboxylic acids is 1. The average molecular weight is 178 g/mol. The molecule has 0 aromatic rings. The van der Waals surface area contributed by atoms with Crippen molar-refractivity contribution in [2.24, 2.45) is 10.8 Å². The molecule has 1 nitrogen and oxygen atoms in total. The molecule has 1 aliphatic rings. The monoisotopic (exact) mass is 178 g/mol. The predicted octanol–water partition coefficient (Wildman–Crippen LogP) is 2.80. The molecule has 1 saturated carbocycles. The van der Waals surface area contributed by atoms with Crippen molar-refractivity contribution in [3.05, 3.63) is 0 Å². The summed E-state index contributed by atoms with van der Waals surface area (Å²) in [5.74, 6) is 2.63. The van der Waals surface area contributed by atoms with Gasteiger partial charge >= 0.3 is 0 Å². The van der Waals surface area contributed by atoms with E-state index < -0.39 is 0 Å². The van der Waals surface area contributed by atoms with Crippen molar-refractivity contribution in [3.63, 3.8) is 0 Å². The molecule has 0 bridgehead atoms. The molecule has 0 heterocycles. The van der Waals surface area contributed by atoms with Crippen LogP contribution >= 0.6 is 0 Å². The van der Waals surface area contributed by atoms with E-state index in [1.165, 1.54) is 0 Å². The van der Waals surface area contributed by atoms with Gasteiger partial charge < -0.3 is 4.79 Å². The molecule has 0 N–H and O–H groups in total. The van der Waals surface area contributed by atoms with Crippen LogP contribution in [0.1, 0.15) is 46.0 Å². The Morgan fingerprint density at radius 2 is 1.85 bits per heavy atom. The normalized spacial score (nSPS) is 24.7. The Kier molecular flexibility index (Phi) is 2.81. The Bertz CT molecular complexity index is 222. The van der Waals surface area contributed by atoms with Crippen molar-refractivity contribution in [2.75, 3.05) is 0 Å². The number of hydrogen-bond donors (Lipinski definition) is 0. The van der Waals surface area contributed by atoms with Gasteiger partial charge in [0.2, 0.25) is 0 Å². The molecule has 1 aliphatic carbocycles. The van der Waals surface area contributed by atoms with Crippen LogP contribution in [0.15, 0.2) is 0 Å². The molecular weight excluding hydrogens is 160 g/mol. The highest BCUT2D eigenvalue weighted by Gasteiger charge is 2.37. The highest BCUT2D eigenvalue weighted by atomic mass is 16.1. The fraction of sp³-hybridized carbons (Fsp3) is 0.750. The third-order valence-electron chi connectivity index (χ3n) is 3.30. The highest BCUT2D eigenvalue weighted by Crippen LogP contribution is 2.45. The maximum absolute atomic E-state index is 11.0. The van der Waals surface area contributed by atoms with E-state index in [4.69, 9.17) is 6.42 Å². The number of aldehydes is 1. The second kappa shape index (κ2) is 3.54. The largest absolute Gasteiger partial charge is 0.303 e. The van der Waals surface area contributed by atoms with Crippen molar-refractivity contribution < 1.29 is 4.79 Å². The van der Waals surface area contributed by atoms with Crippen molar-refractivity contribution in [1.82, 2.24) is 0 Å². The summed E-state index contributed by atoms with van der Waals surface area (Å²) in [5, 5.41) is 0. The molecule has 1 rings (SSSR count). The predicted molar refractivity (Wildman–Crippen MR) is 54.2 cm³/mol. The van der Waals surface area contributed by atoms with Crippen LogP contribution in [-0.4, -0.2) is 6.29 Å². The Balaban J connectivity index is 2.64. The molecule has 0 amide bonds. The van der Waals surface area contributed by atoms with Gasteiger partial charge in [0.15, 0.2) is 0 Å². The average Bonchev–Trinajstić information content (AvgIpc) is 2.10. The van der Waals surface area contributed by atoms with Crippen LogP contribution in [0.2, 0.25) is 0 Å². The Labute approximate surface area is 80.9 Å². The lowest BCUT2D eigenvalue weighted by atomic mass is 9.64. The van der Waals surface area contributed by atoms with Crippen LogP contribution in [0, 0.1) is 23.2 Å². The third-order valence-corrected chi connectivity index (χ3v) is 3.30. The lowest BCUT2D eigenvalue weighted by Crippen LogP contribution is -2.32. The maximum atomic E-state index is 11.0. The van der Waals surface area contributed by atoms with E-state index in [2.05, 4.69) is 19.8 Å². The number of hydrogen-bond acceptors (Lipinski definition) is 1. The molecule has 1 fully saturated rings. The van der Waals surface area contributed by atoms with Crippen molar-refractivity contribution in [1.29, 1.82) is 0 Å². The van der Waals surface area contributed by atoms with Gasteiger partial charge in [0.1, 0.15) is 6.29 Å². The van der Waals surface area contributed by atoms with E-state index in [0.717, 1.165) is 32.0 Å². The van der Waals surface area contributed by atoms with Gasteiger partial charge in [-0.05, 0) is 31.1 Å². The van der Waals surface area contributed by atoms with E-state index in [0.29, 0.717) is 11.8 Å². The molecule has 0 aliphatic heterocycles. The van der Waals surface area contributed by atoms with Gasteiger partial charge in [0.25, 0.3) is 0 Å². The highest BCUT2D eigenvalue weighted by molar-refractivity contribution is 5.60. The Morgan fingerprint density at radius 3 is 2.23 bits per heavy atom. The van der Waals surface area contributed by atoms with E-state index in [1.807, 2.05) is 0 Å². The smallest absolute Gasteiger partial charge is 0.127 e. The van der Waals surface area contributed by atoms with Crippen molar-refractivity contribution >= 4 is 6.29 Å². The minimum Gasteiger partial charge on any atom is -0.303 e. The minimum atomic E-state index is -0.190. The maximum Gasteiger partial charge on any atom is 0.127 e. The first-order valence-corrected chi connectivity index (χ1v) is 4.93. The van der Waals surface area contributed by atoms with Gasteiger partial charge in [0, 0.05) is 11.8 Å². The summed E-state index contributed by atoms with van der Waals surface area (Å²) >= 11 is 0. The van der Waals surface area contributed by atoms with Gasteiger partial charge in [-0.1, -0.05) is 13.8 Å². The number of terminal acetylenes is 1. The van der Waals surface area contributed by atoms with Gasteiger partial charge in [-0.15, -0.1) is 12.3 Å². The molecule has 72 valence electrons. The second-order valence-electron chi connectivity index (χ2n) is 5.03. The van der Waals surface area contributed by atoms with Crippen LogP contribution in [0.5, 0.6) is 0 Å². The third kappa shape index (κ3) is 2.34. The molecule has 0 radical (unpaired) electrons. The lowest BCUT2D eigenvalue weighted by Gasteiger charge is -2.39. The SMILES string of the molecule is C#CCC1(C=O)CCC(C)(C)CC1. The van der Waals surface area contributed by atoms with Crippen LogP contribution in [0.25, 0.3) is 0 Å². The zero-order valence-electron chi connectivity index (χ0n) is 8.60. The topological polar surface area (TPSA) is 17.1 Å². The van der Waals surface area contributed by atoms with E-state index in [-0.39, 0.29) is 5.41 Å². The van der Waals surface area contributed by atoms with Crippen molar-refractivity contribution in [2.45, 2.75) is 46.0 Å². The zero-order chi connectivity index (χ0) is 9.95. The van der Waals surface area contributed by atoms with Crippen LogP contribution in [-0.2, 0) is 4.79 Å². The summed E-state index contributed by atoms with van der Waals surface area (Å²) in [4.78, 5) is 11.0. The molecule has 13 heavy (non-hydrogen) atoms. The summed E-state index contributed by atoms with van der Waals surface area (Å²) in [5.41, 5.74) is 0.214. The summed E-state index contributed by atoms with van der Waals surface area (Å²) in [6.07, 6.45) is 11.2. The lowest BCUT2D eigenvalue weighted by molar-refractivity contribution is -0.118. The summed E-state index contributed by atoms with van der Waals surface area (Å²) in [6, 6.07) is 0. The zero-order valence-corrected chi connectivity index (χ0v) is 8.60. The molecule has 1 heteroatoms. The van der Waals surface area contributed by atoms with E-state index in [1.54, 1.807) is 0 Å². The molecular formula is C12H18O. The fourth-order valence-electron chi connectivity index (χ4n) is 1.96. The molecule has 0 aromatic carbocycles. The van der Waals surface area contributed by atoms with Gasteiger partial charge in [-0.2, -0.15) is 0 Å². The van der Waals surface area contributed by atoms with Crippen LogP contribution in [0.3, 0.4) is 0 Å². The standard InChI is InChI=1S/C12H18O/c1-4-5-12(10-13)8-6-11(2,3)7-9-12/h1,10H,5-9H2,2-3H3. The molecule has 0 unspecified atom stereocenters. The van der Waals surface area contributed by atoms with Gasteiger partial charge in [-0.25, -0.2) is 0 Å². The summed E-state index contributed by atoms with van der Waals surface area (Å²) < 4.78 is 0. The Hall–Kier alpha value is -0.770. The fourth-order valence-corrected chi connectivity index (χ4v) is 1.96. The molecule has 0 atom stereocenters. The number of carbonyl (C=O) groups is 1. The number of rotatable bonds is 2. The van der Waals surface area contributed by atoms with Gasteiger partial charge in [0.05, 0.1) is 0 Å². The van der Waals surface area contributed by atoms with Crippen LogP contribution < -0.4 is 0 Å². The quantitative estimate of drug-likeness (QED) is 0.469. The molecule has 0 aromatic heterocycles. The van der Waals surface area contributed by atoms with E-state index in [9.17, 15) is 4.79 Å². The first-order chi connectivity index (χ1) is 6.04. The minimum absolute atomic E-state index is 0.190. The Morgan fingerprint density at radius 1 is 1.31 bits per heavy atom. The molecule has 0 spiro atoms. The molecule has 0 saturated heterocycles. The first-order valence-electron chi connectivity index (χ1n) is 4.93. The second-order valence-corrected chi connectivity index (χ2v) is 5.03. The first kappa shape index (κ1) is 10.3. The van der Waals surface area contributed by atoms with E-state index >= 15 is 0 Å². The van der Waals surface area contributed by atoms with Gasteiger partial charge in [-0.3, -0.25) is 0 Å². The summed E-state index contributed by atoms with van der Waals surface area (Å²) in [7, 11) is 0. The van der Waals surface area contributed by atoms with Crippen molar-refractivity contribution in [3.8, 4) is 12.3 Å².